The van der Waals surface area contributed by atoms with Crippen molar-refractivity contribution < 1.29 is 9.90 Å². The second kappa shape index (κ2) is 7.09. The Morgan fingerprint density at radius 2 is 2.00 bits per heavy atom. The van der Waals surface area contributed by atoms with Crippen molar-refractivity contribution in [1.82, 2.24) is 0 Å². The zero-order valence-electron chi connectivity index (χ0n) is 11.9. The predicted molar refractivity (Wildman–Crippen MR) is 81.3 cm³/mol. The number of nitrogens with zero attached hydrogens (tertiary/aromatic N) is 4. The Morgan fingerprint density at radius 3 is 2.59 bits per heavy atom. The van der Waals surface area contributed by atoms with Gasteiger partial charge in [0, 0.05) is 18.8 Å². The molecule has 1 fully saturated rings. The summed E-state index contributed by atoms with van der Waals surface area (Å²) in [6.07, 6.45) is 1.57. The summed E-state index contributed by atoms with van der Waals surface area (Å²) >= 11 is 0. The average molecular weight is 297 g/mol. The van der Waals surface area contributed by atoms with Gasteiger partial charge in [0.25, 0.3) is 0 Å². The van der Waals surface area contributed by atoms with E-state index in [0.29, 0.717) is 18.7 Å². The maximum atomic E-state index is 11.1. The lowest BCUT2D eigenvalue weighted by molar-refractivity contribution is -0.141. The SMILES string of the molecule is N#CC(C#N)=NNc1ccc(N2CCCC(C(=O)O)C2)cc1. The summed E-state index contributed by atoms with van der Waals surface area (Å²) in [7, 11) is 0. The molecule has 7 heteroatoms. The summed E-state index contributed by atoms with van der Waals surface area (Å²) in [5.74, 6) is -1.08. The molecule has 0 saturated carbocycles. The molecule has 22 heavy (non-hydrogen) atoms. The molecule has 2 rings (SSSR count). The summed E-state index contributed by atoms with van der Waals surface area (Å²) in [5.41, 5.74) is 3.99. The molecule has 0 bridgehead atoms. The first-order valence-electron chi connectivity index (χ1n) is 6.85. The number of benzene rings is 1. The largest absolute Gasteiger partial charge is 0.481 e. The summed E-state index contributed by atoms with van der Waals surface area (Å²) < 4.78 is 0. The van der Waals surface area contributed by atoms with Crippen molar-refractivity contribution in [3.63, 3.8) is 0 Å². The van der Waals surface area contributed by atoms with Gasteiger partial charge in [0.1, 0.15) is 12.1 Å². The van der Waals surface area contributed by atoms with Crippen LogP contribution in [0.1, 0.15) is 12.8 Å². The molecule has 0 aromatic heterocycles. The molecule has 1 aliphatic heterocycles. The van der Waals surface area contributed by atoms with Gasteiger partial charge >= 0.3 is 5.97 Å². The average Bonchev–Trinajstić information content (AvgIpc) is 2.56. The quantitative estimate of drug-likeness (QED) is 0.647. The summed E-state index contributed by atoms with van der Waals surface area (Å²) in [6.45, 7) is 1.34. The molecule has 1 atom stereocenters. The van der Waals surface area contributed by atoms with Gasteiger partial charge in [-0.3, -0.25) is 10.2 Å². The Bertz CT molecular complexity index is 638. The van der Waals surface area contributed by atoms with E-state index in [0.717, 1.165) is 18.7 Å². The highest BCUT2D eigenvalue weighted by Crippen LogP contribution is 2.24. The molecule has 112 valence electrons. The standard InChI is InChI=1S/C15H15N5O2/c16-8-13(9-17)19-18-12-3-5-14(6-4-12)20-7-1-2-11(10-20)15(21)22/h3-6,11,18H,1-2,7,10H2,(H,21,22). The first kappa shape index (κ1) is 15.3. The number of hydrazone groups is 1. The fraction of sp³-hybridized carbons (Fsp3) is 0.333. The molecule has 1 unspecified atom stereocenters. The van der Waals surface area contributed by atoms with Crippen LogP contribution in [0, 0.1) is 28.6 Å². The van der Waals surface area contributed by atoms with Crippen LogP contribution in [0.4, 0.5) is 11.4 Å². The van der Waals surface area contributed by atoms with Crippen LogP contribution in [-0.2, 0) is 4.79 Å². The lowest BCUT2D eigenvalue weighted by Crippen LogP contribution is -2.38. The van der Waals surface area contributed by atoms with Crippen LogP contribution < -0.4 is 10.3 Å². The molecule has 1 heterocycles. The third-order valence-corrected chi connectivity index (χ3v) is 3.51. The van der Waals surface area contributed by atoms with E-state index in [9.17, 15) is 4.79 Å². The minimum Gasteiger partial charge on any atom is -0.481 e. The summed E-state index contributed by atoms with van der Waals surface area (Å²) in [6, 6.07) is 10.6. The van der Waals surface area contributed by atoms with Crippen molar-refractivity contribution in [2.45, 2.75) is 12.8 Å². The van der Waals surface area contributed by atoms with E-state index in [1.165, 1.54) is 0 Å². The van der Waals surface area contributed by atoms with Gasteiger partial charge in [-0.15, -0.1) is 0 Å². The van der Waals surface area contributed by atoms with Crippen LogP contribution in [0.5, 0.6) is 0 Å². The Morgan fingerprint density at radius 1 is 1.32 bits per heavy atom. The zero-order chi connectivity index (χ0) is 15.9. The first-order valence-corrected chi connectivity index (χ1v) is 6.85. The molecule has 1 saturated heterocycles. The van der Waals surface area contributed by atoms with E-state index in [-0.39, 0.29) is 11.6 Å². The molecule has 1 aromatic carbocycles. The number of carboxylic acid groups (broad SMARTS) is 1. The Kier molecular flexibility index (Phi) is 4.94. The van der Waals surface area contributed by atoms with Crippen LogP contribution in [0.15, 0.2) is 29.4 Å². The monoisotopic (exact) mass is 297 g/mol. The van der Waals surface area contributed by atoms with E-state index in [2.05, 4.69) is 10.5 Å². The lowest BCUT2D eigenvalue weighted by atomic mass is 9.98. The number of hydrogen-bond acceptors (Lipinski definition) is 6. The van der Waals surface area contributed by atoms with E-state index in [1.807, 2.05) is 17.0 Å². The van der Waals surface area contributed by atoms with Crippen molar-refractivity contribution in [1.29, 1.82) is 10.5 Å². The van der Waals surface area contributed by atoms with Crippen molar-refractivity contribution in [2.75, 3.05) is 23.4 Å². The topological polar surface area (TPSA) is 113 Å². The number of aliphatic carboxylic acids is 1. The zero-order valence-corrected chi connectivity index (χ0v) is 11.9. The Hall–Kier alpha value is -3.06. The molecule has 0 amide bonds. The van der Waals surface area contributed by atoms with E-state index in [1.54, 1.807) is 24.3 Å². The minimum absolute atomic E-state index is 0.246. The minimum atomic E-state index is -0.752. The predicted octanol–water partition coefficient (Wildman–Crippen LogP) is 1.80. The Balaban J connectivity index is 2.03. The highest BCUT2D eigenvalue weighted by Gasteiger charge is 2.25. The summed E-state index contributed by atoms with van der Waals surface area (Å²) in [5, 5.41) is 30.0. The number of carbonyl (C=O) groups is 1. The molecule has 1 aliphatic rings. The van der Waals surface area contributed by atoms with Gasteiger partial charge in [-0.05, 0) is 37.1 Å². The van der Waals surface area contributed by atoms with Gasteiger partial charge in [-0.2, -0.15) is 15.6 Å². The van der Waals surface area contributed by atoms with Crippen molar-refractivity contribution in [3.8, 4) is 12.1 Å². The van der Waals surface area contributed by atoms with Gasteiger partial charge in [0.2, 0.25) is 5.71 Å². The van der Waals surface area contributed by atoms with Gasteiger partial charge in [-0.25, -0.2) is 0 Å². The second-order valence-electron chi connectivity index (χ2n) is 4.97. The number of nitrogens with one attached hydrogen (secondary N) is 1. The lowest BCUT2D eigenvalue weighted by Gasteiger charge is -2.32. The second-order valence-corrected chi connectivity index (χ2v) is 4.97. The summed E-state index contributed by atoms with van der Waals surface area (Å²) in [4.78, 5) is 13.1. The number of anilines is 2. The van der Waals surface area contributed by atoms with Crippen LogP contribution in [0.3, 0.4) is 0 Å². The van der Waals surface area contributed by atoms with E-state index in [4.69, 9.17) is 15.6 Å². The third kappa shape index (κ3) is 3.74. The van der Waals surface area contributed by atoms with Crippen molar-refractivity contribution in [2.24, 2.45) is 11.0 Å². The van der Waals surface area contributed by atoms with Crippen LogP contribution in [-0.4, -0.2) is 29.9 Å². The fourth-order valence-electron chi connectivity index (χ4n) is 2.36. The first-order chi connectivity index (χ1) is 10.6. The molecule has 0 radical (unpaired) electrons. The van der Waals surface area contributed by atoms with Gasteiger partial charge in [0.15, 0.2) is 0 Å². The maximum Gasteiger partial charge on any atom is 0.308 e. The molecule has 1 aromatic rings. The third-order valence-electron chi connectivity index (χ3n) is 3.51. The van der Waals surface area contributed by atoms with Crippen molar-refractivity contribution in [3.05, 3.63) is 24.3 Å². The highest BCUT2D eigenvalue weighted by molar-refractivity contribution is 6.10. The number of hydrogen-bond donors (Lipinski definition) is 2. The highest BCUT2D eigenvalue weighted by atomic mass is 16.4. The fourth-order valence-corrected chi connectivity index (χ4v) is 2.36. The van der Waals surface area contributed by atoms with Crippen LogP contribution in [0.25, 0.3) is 0 Å². The molecule has 0 spiro atoms. The van der Waals surface area contributed by atoms with Gasteiger partial charge in [-0.1, -0.05) is 0 Å². The number of rotatable bonds is 4. The van der Waals surface area contributed by atoms with E-state index < -0.39 is 5.97 Å². The van der Waals surface area contributed by atoms with Gasteiger partial charge < -0.3 is 10.0 Å². The smallest absolute Gasteiger partial charge is 0.308 e. The maximum absolute atomic E-state index is 11.1. The molecular formula is C15H15N5O2. The van der Waals surface area contributed by atoms with Crippen LogP contribution in [0.2, 0.25) is 0 Å². The van der Waals surface area contributed by atoms with E-state index >= 15 is 0 Å². The number of carboxylic acids is 1. The number of piperidine rings is 1. The van der Waals surface area contributed by atoms with Crippen molar-refractivity contribution >= 4 is 23.1 Å². The van der Waals surface area contributed by atoms with Crippen LogP contribution >= 0.6 is 0 Å². The molecule has 7 nitrogen and oxygen atoms in total. The molecule has 0 aliphatic carbocycles. The molecule has 2 N–H and O–H groups in total. The normalized spacial score (nSPS) is 17.0. The number of nitriles is 2. The Labute approximate surface area is 128 Å². The van der Waals surface area contributed by atoms with Gasteiger partial charge in [0.05, 0.1) is 11.6 Å². The molecular weight excluding hydrogens is 282 g/mol.